The van der Waals surface area contributed by atoms with Crippen LogP contribution >= 0.6 is 0 Å². The molecule has 82 valence electrons. The molecule has 0 spiro atoms. The van der Waals surface area contributed by atoms with Gasteiger partial charge in [0.1, 0.15) is 0 Å². The van der Waals surface area contributed by atoms with Crippen LogP contribution in [0.4, 0.5) is 11.6 Å². The fourth-order valence-corrected chi connectivity index (χ4v) is 1.83. The summed E-state index contributed by atoms with van der Waals surface area (Å²) in [6, 6.07) is 0. The van der Waals surface area contributed by atoms with E-state index >= 15 is 0 Å². The molecule has 0 fully saturated rings. The minimum absolute atomic E-state index is 0.0275. The van der Waals surface area contributed by atoms with Gasteiger partial charge in [-0.25, -0.2) is 4.98 Å². The summed E-state index contributed by atoms with van der Waals surface area (Å²) >= 11 is 0. The molecule has 2 aliphatic heterocycles. The van der Waals surface area contributed by atoms with Crippen molar-refractivity contribution in [2.45, 2.75) is 13.6 Å². The van der Waals surface area contributed by atoms with Crippen molar-refractivity contribution in [2.24, 2.45) is 0 Å². The zero-order valence-electron chi connectivity index (χ0n) is 9.76. The number of fused-ring (bicyclic) bond motifs is 2. The van der Waals surface area contributed by atoms with E-state index in [0.29, 0.717) is 11.8 Å². The second-order valence-corrected chi connectivity index (χ2v) is 4.14. The van der Waals surface area contributed by atoms with E-state index < -0.39 is 0 Å². The second-order valence-electron chi connectivity index (χ2n) is 4.14. The van der Waals surface area contributed by atoms with E-state index in [-0.39, 0.29) is 14.1 Å². The lowest BCUT2D eigenvalue weighted by atomic mass is 9.86. The molecule has 2 aliphatic rings. The SMILES string of the molecule is CB1Oc2nc3c(nc2N1C)N(C)B(C)O3. The van der Waals surface area contributed by atoms with Crippen molar-refractivity contribution >= 4 is 25.7 Å². The van der Waals surface area contributed by atoms with Gasteiger partial charge in [0.05, 0.1) is 0 Å². The van der Waals surface area contributed by atoms with Crippen LogP contribution in [0.25, 0.3) is 0 Å². The summed E-state index contributed by atoms with van der Waals surface area (Å²) in [5, 5.41) is 0. The van der Waals surface area contributed by atoms with E-state index in [4.69, 9.17) is 9.31 Å². The Morgan fingerprint density at radius 1 is 0.875 bits per heavy atom. The molecular formula is C8H12B2N4O2. The normalized spacial score (nSPS) is 17.2. The van der Waals surface area contributed by atoms with Crippen LogP contribution in [-0.2, 0) is 0 Å². The molecule has 0 aliphatic carbocycles. The lowest BCUT2D eigenvalue weighted by Gasteiger charge is -2.13. The number of hydrogen-bond donors (Lipinski definition) is 0. The van der Waals surface area contributed by atoms with Gasteiger partial charge in [0.25, 0.3) is 0 Å². The summed E-state index contributed by atoms with van der Waals surface area (Å²) in [5.41, 5.74) is 0. The van der Waals surface area contributed by atoms with Crippen LogP contribution in [0.5, 0.6) is 11.8 Å². The van der Waals surface area contributed by atoms with E-state index in [1.54, 1.807) is 0 Å². The fraction of sp³-hybridized carbons (Fsp3) is 0.500. The van der Waals surface area contributed by atoms with Gasteiger partial charge in [-0.2, -0.15) is 4.98 Å². The number of rotatable bonds is 0. The number of nitrogens with zero attached hydrogens (tertiary/aromatic N) is 4. The number of anilines is 2. The van der Waals surface area contributed by atoms with Gasteiger partial charge in [0.15, 0.2) is 11.6 Å². The van der Waals surface area contributed by atoms with Gasteiger partial charge in [0, 0.05) is 0 Å². The van der Waals surface area contributed by atoms with Crippen LogP contribution in [0.3, 0.4) is 0 Å². The molecule has 6 nitrogen and oxygen atoms in total. The maximum atomic E-state index is 5.57. The highest BCUT2D eigenvalue weighted by atomic mass is 16.5. The second kappa shape index (κ2) is 2.96. The van der Waals surface area contributed by atoms with Gasteiger partial charge in [0.2, 0.25) is 11.8 Å². The third kappa shape index (κ3) is 1.10. The molecule has 16 heavy (non-hydrogen) atoms. The van der Waals surface area contributed by atoms with Gasteiger partial charge in [-0.15, -0.1) is 0 Å². The Bertz CT molecular complexity index is 421. The Morgan fingerprint density at radius 2 is 1.31 bits per heavy atom. The highest BCUT2D eigenvalue weighted by molar-refractivity contribution is 6.58. The van der Waals surface area contributed by atoms with E-state index in [2.05, 4.69) is 9.97 Å². The average molecular weight is 218 g/mol. The minimum Gasteiger partial charge on any atom is -0.525 e. The largest absolute Gasteiger partial charge is 0.525 e. The molecular weight excluding hydrogens is 206 g/mol. The van der Waals surface area contributed by atoms with Crippen molar-refractivity contribution in [3.8, 4) is 11.8 Å². The molecule has 0 saturated carbocycles. The molecule has 0 saturated heterocycles. The molecule has 0 atom stereocenters. The van der Waals surface area contributed by atoms with Crippen molar-refractivity contribution in [3.63, 3.8) is 0 Å². The summed E-state index contributed by atoms with van der Waals surface area (Å²) in [6.45, 7) is 3.92. The predicted octanol–water partition coefficient (Wildman–Crippen LogP) is 0.370. The molecule has 0 radical (unpaired) electrons. The molecule has 8 heteroatoms. The molecule has 0 N–H and O–H groups in total. The number of aromatic nitrogens is 2. The molecule has 3 rings (SSSR count). The quantitative estimate of drug-likeness (QED) is 0.586. The lowest BCUT2D eigenvalue weighted by molar-refractivity contribution is 0.530. The van der Waals surface area contributed by atoms with E-state index in [1.807, 2.05) is 37.4 Å². The molecule has 3 heterocycles. The highest BCUT2D eigenvalue weighted by Gasteiger charge is 2.38. The molecule has 0 unspecified atom stereocenters. The topological polar surface area (TPSA) is 50.7 Å². The summed E-state index contributed by atoms with van der Waals surface area (Å²) in [7, 11) is 3.83. The zero-order chi connectivity index (χ0) is 11.4. The Labute approximate surface area is 94.8 Å². The first-order chi connectivity index (χ1) is 7.58. The highest BCUT2D eigenvalue weighted by Crippen LogP contribution is 2.39. The lowest BCUT2D eigenvalue weighted by Crippen LogP contribution is -2.34. The minimum atomic E-state index is -0.0275. The van der Waals surface area contributed by atoms with Crippen molar-refractivity contribution in [2.75, 3.05) is 23.7 Å². The summed E-state index contributed by atoms with van der Waals surface area (Å²) in [6.07, 6.45) is 0. The third-order valence-electron chi connectivity index (χ3n) is 3.12. The average Bonchev–Trinajstić information content (AvgIpc) is 2.66. The standard InChI is InChI=1S/C8H12B2N4O2/c1-9-13(3)5-7(15-9)12-8-6(11-5)14(4)10(2)16-8/h1-4H3. The Balaban J connectivity index is 2.10. The van der Waals surface area contributed by atoms with Crippen LogP contribution in [0.1, 0.15) is 0 Å². The van der Waals surface area contributed by atoms with Crippen LogP contribution in [0.2, 0.25) is 13.6 Å². The van der Waals surface area contributed by atoms with Crippen LogP contribution < -0.4 is 18.9 Å². The molecule has 1 aromatic heterocycles. The molecule has 0 aromatic carbocycles. The van der Waals surface area contributed by atoms with E-state index in [0.717, 1.165) is 11.6 Å². The van der Waals surface area contributed by atoms with Crippen molar-refractivity contribution in [3.05, 3.63) is 0 Å². The van der Waals surface area contributed by atoms with Gasteiger partial charge in [-0.1, -0.05) is 0 Å². The third-order valence-corrected chi connectivity index (χ3v) is 3.12. The zero-order valence-corrected chi connectivity index (χ0v) is 9.76. The Kier molecular flexibility index (Phi) is 1.78. The summed E-state index contributed by atoms with van der Waals surface area (Å²) in [4.78, 5) is 12.8. The monoisotopic (exact) mass is 218 g/mol. The van der Waals surface area contributed by atoms with E-state index in [1.165, 1.54) is 0 Å². The predicted molar refractivity (Wildman–Crippen MR) is 63.3 cm³/mol. The van der Waals surface area contributed by atoms with Crippen LogP contribution in [0, 0.1) is 0 Å². The first-order valence-electron chi connectivity index (χ1n) is 5.29. The van der Waals surface area contributed by atoms with Crippen molar-refractivity contribution < 1.29 is 9.31 Å². The van der Waals surface area contributed by atoms with Crippen LogP contribution in [0.15, 0.2) is 0 Å². The van der Waals surface area contributed by atoms with E-state index in [9.17, 15) is 0 Å². The van der Waals surface area contributed by atoms with Crippen LogP contribution in [-0.4, -0.2) is 38.2 Å². The van der Waals surface area contributed by atoms with Gasteiger partial charge in [-0.05, 0) is 27.7 Å². The maximum Gasteiger partial charge on any atom is 0.481 e. The Morgan fingerprint density at radius 3 is 1.75 bits per heavy atom. The first kappa shape index (κ1) is 9.62. The summed E-state index contributed by atoms with van der Waals surface area (Å²) < 4.78 is 11.1. The first-order valence-corrected chi connectivity index (χ1v) is 5.29. The maximum absolute atomic E-state index is 5.57. The van der Waals surface area contributed by atoms with Gasteiger partial charge < -0.3 is 18.9 Å². The fourth-order valence-electron chi connectivity index (χ4n) is 1.83. The molecule has 1 aromatic rings. The molecule has 0 amide bonds. The number of hydrogen-bond acceptors (Lipinski definition) is 6. The Hall–Kier alpha value is -1.59. The molecule has 0 bridgehead atoms. The van der Waals surface area contributed by atoms with Crippen molar-refractivity contribution in [1.82, 2.24) is 9.97 Å². The van der Waals surface area contributed by atoms with Crippen molar-refractivity contribution in [1.29, 1.82) is 0 Å². The van der Waals surface area contributed by atoms with Gasteiger partial charge >= 0.3 is 14.1 Å². The smallest absolute Gasteiger partial charge is 0.481 e. The van der Waals surface area contributed by atoms with Gasteiger partial charge in [-0.3, -0.25) is 0 Å². The summed E-state index contributed by atoms with van der Waals surface area (Å²) in [5.74, 6) is 2.65.